The van der Waals surface area contributed by atoms with E-state index < -0.39 is 18.0 Å². The van der Waals surface area contributed by atoms with Gasteiger partial charge in [-0.05, 0) is 38.5 Å². The van der Waals surface area contributed by atoms with Gasteiger partial charge in [-0.3, -0.25) is 4.79 Å². The highest BCUT2D eigenvalue weighted by Gasteiger charge is 2.45. The Labute approximate surface area is 111 Å². The molecular weight excluding hydrogens is 257 g/mol. The van der Waals surface area contributed by atoms with E-state index in [9.17, 15) is 18.0 Å². The molecule has 2 aliphatic carbocycles. The summed E-state index contributed by atoms with van der Waals surface area (Å²) >= 11 is 0. The molecule has 0 aliphatic heterocycles. The maximum absolute atomic E-state index is 12.7. The van der Waals surface area contributed by atoms with Gasteiger partial charge in [0.1, 0.15) is 0 Å². The van der Waals surface area contributed by atoms with E-state index in [2.05, 4.69) is 5.32 Å². The van der Waals surface area contributed by atoms with Crippen molar-refractivity contribution in [2.24, 2.45) is 17.6 Å². The summed E-state index contributed by atoms with van der Waals surface area (Å²) < 4.78 is 38.1. The molecule has 1 amide bonds. The lowest BCUT2D eigenvalue weighted by Gasteiger charge is -2.43. The van der Waals surface area contributed by atoms with E-state index in [-0.39, 0.29) is 24.3 Å². The first-order valence-corrected chi connectivity index (χ1v) is 6.95. The van der Waals surface area contributed by atoms with Gasteiger partial charge in [0.25, 0.3) is 0 Å². The molecule has 19 heavy (non-hydrogen) atoms. The number of carbonyl (C=O) groups is 1. The van der Waals surface area contributed by atoms with Crippen molar-refractivity contribution in [1.82, 2.24) is 5.32 Å². The number of hydrogen-bond acceptors (Lipinski definition) is 2. The van der Waals surface area contributed by atoms with Gasteiger partial charge in [-0.2, -0.15) is 13.2 Å². The van der Waals surface area contributed by atoms with Crippen LogP contribution in [0.25, 0.3) is 0 Å². The fourth-order valence-electron chi connectivity index (χ4n) is 3.07. The van der Waals surface area contributed by atoms with Crippen molar-refractivity contribution in [1.29, 1.82) is 0 Å². The molecule has 0 aromatic carbocycles. The number of hydrogen-bond donors (Lipinski definition) is 2. The van der Waals surface area contributed by atoms with Crippen molar-refractivity contribution in [2.75, 3.05) is 6.54 Å². The summed E-state index contributed by atoms with van der Waals surface area (Å²) in [6.07, 6.45) is -0.383. The highest BCUT2D eigenvalue weighted by Crippen LogP contribution is 2.40. The van der Waals surface area contributed by atoms with E-state index in [1.807, 2.05) is 0 Å². The second-order valence-corrected chi connectivity index (χ2v) is 5.93. The molecule has 0 heterocycles. The summed E-state index contributed by atoms with van der Waals surface area (Å²) in [6.45, 7) is 0.369. The predicted molar refractivity (Wildman–Crippen MR) is 65.3 cm³/mol. The van der Waals surface area contributed by atoms with Crippen molar-refractivity contribution in [3.8, 4) is 0 Å². The van der Waals surface area contributed by atoms with E-state index in [1.54, 1.807) is 0 Å². The fraction of sp³-hybridized carbons (Fsp3) is 0.923. The minimum atomic E-state index is -4.18. The molecule has 2 saturated carbocycles. The number of carbonyl (C=O) groups excluding carboxylic acids is 1. The summed E-state index contributed by atoms with van der Waals surface area (Å²) in [6, 6.07) is 0. The zero-order chi connectivity index (χ0) is 14.1. The van der Waals surface area contributed by atoms with E-state index in [0.717, 1.165) is 19.3 Å². The summed E-state index contributed by atoms with van der Waals surface area (Å²) in [5, 5.41) is 2.89. The Hall–Kier alpha value is -0.780. The third-order valence-electron chi connectivity index (χ3n) is 4.60. The smallest absolute Gasteiger partial charge is 0.349 e. The van der Waals surface area contributed by atoms with E-state index in [4.69, 9.17) is 5.73 Å². The van der Waals surface area contributed by atoms with Gasteiger partial charge in [-0.1, -0.05) is 6.42 Å². The highest BCUT2D eigenvalue weighted by atomic mass is 19.4. The first kappa shape index (κ1) is 14.6. The summed E-state index contributed by atoms with van der Waals surface area (Å²) in [7, 11) is 0. The Kier molecular flexibility index (Phi) is 4.08. The second-order valence-electron chi connectivity index (χ2n) is 5.93. The monoisotopic (exact) mass is 278 g/mol. The van der Waals surface area contributed by atoms with Gasteiger partial charge >= 0.3 is 6.18 Å². The van der Waals surface area contributed by atoms with Crippen LogP contribution in [0.4, 0.5) is 13.2 Å². The minimum absolute atomic E-state index is 0.0734. The third-order valence-corrected chi connectivity index (χ3v) is 4.60. The van der Waals surface area contributed by atoms with Crippen LogP contribution < -0.4 is 11.1 Å². The average Bonchev–Trinajstić information content (AvgIpc) is 2.32. The van der Waals surface area contributed by atoms with Gasteiger partial charge in [-0.15, -0.1) is 0 Å². The molecule has 2 unspecified atom stereocenters. The molecule has 0 spiro atoms. The van der Waals surface area contributed by atoms with Crippen LogP contribution in [0, 0.1) is 11.8 Å². The number of alkyl halides is 3. The summed E-state index contributed by atoms with van der Waals surface area (Å²) in [5.41, 5.74) is 5.30. The topological polar surface area (TPSA) is 55.1 Å². The molecule has 110 valence electrons. The van der Waals surface area contributed by atoms with Crippen LogP contribution in [-0.4, -0.2) is 24.2 Å². The molecule has 0 aromatic heterocycles. The van der Waals surface area contributed by atoms with Gasteiger partial charge < -0.3 is 11.1 Å². The fourth-order valence-corrected chi connectivity index (χ4v) is 3.07. The van der Waals surface area contributed by atoms with E-state index in [1.165, 1.54) is 0 Å². The maximum atomic E-state index is 12.7. The molecule has 0 aromatic rings. The van der Waals surface area contributed by atoms with Crippen LogP contribution in [0.3, 0.4) is 0 Å². The number of halogens is 3. The molecule has 3 nitrogen and oxygen atoms in total. The lowest BCUT2D eigenvalue weighted by atomic mass is 9.75. The van der Waals surface area contributed by atoms with Crippen LogP contribution >= 0.6 is 0 Å². The Bertz CT molecular complexity index is 334. The van der Waals surface area contributed by atoms with Crippen molar-refractivity contribution >= 4 is 5.91 Å². The molecule has 6 heteroatoms. The second kappa shape index (κ2) is 5.31. The Morgan fingerprint density at radius 3 is 2.42 bits per heavy atom. The van der Waals surface area contributed by atoms with Gasteiger partial charge in [0.05, 0.1) is 11.5 Å². The van der Waals surface area contributed by atoms with Crippen LogP contribution in [0.2, 0.25) is 0 Å². The van der Waals surface area contributed by atoms with Crippen molar-refractivity contribution < 1.29 is 18.0 Å². The zero-order valence-electron chi connectivity index (χ0n) is 10.9. The molecule has 2 rings (SSSR count). The lowest BCUT2D eigenvalue weighted by molar-refractivity contribution is -0.186. The molecule has 0 saturated heterocycles. The number of amides is 1. The molecule has 3 N–H and O–H groups in total. The number of rotatable bonds is 3. The lowest BCUT2D eigenvalue weighted by Crippen LogP contribution is -2.59. The standard InChI is InChI=1S/C13H21F3N2O/c14-13(15,16)10-4-1-3-9(7-10)11(19)18-12(8-17)5-2-6-12/h9-10H,1-8,17H2,(H,18,19). The van der Waals surface area contributed by atoms with Gasteiger partial charge in [0.15, 0.2) is 0 Å². The SMILES string of the molecule is NCC1(NC(=O)C2CCCC(C(F)(F)F)C2)CCC1. The van der Waals surface area contributed by atoms with Crippen molar-refractivity contribution in [3.63, 3.8) is 0 Å². The highest BCUT2D eigenvalue weighted by molar-refractivity contribution is 5.79. The molecule has 2 atom stereocenters. The van der Waals surface area contributed by atoms with Crippen LogP contribution in [0.15, 0.2) is 0 Å². The minimum Gasteiger partial charge on any atom is -0.349 e. The molecule has 0 radical (unpaired) electrons. The van der Waals surface area contributed by atoms with Gasteiger partial charge in [0.2, 0.25) is 5.91 Å². The van der Waals surface area contributed by atoms with Crippen LogP contribution in [0.5, 0.6) is 0 Å². The Morgan fingerprint density at radius 1 is 1.26 bits per heavy atom. The molecule has 2 aliphatic rings. The largest absolute Gasteiger partial charge is 0.391 e. The summed E-state index contributed by atoms with van der Waals surface area (Å²) in [5.74, 6) is -2.07. The number of nitrogens with one attached hydrogen (secondary N) is 1. The van der Waals surface area contributed by atoms with Gasteiger partial charge in [-0.25, -0.2) is 0 Å². The predicted octanol–water partition coefficient (Wildman–Crippen LogP) is 2.35. The molecule has 0 bridgehead atoms. The van der Waals surface area contributed by atoms with Crippen LogP contribution in [-0.2, 0) is 4.79 Å². The number of nitrogens with two attached hydrogens (primary N) is 1. The molecular formula is C13H21F3N2O. The van der Waals surface area contributed by atoms with E-state index in [0.29, 0.717) is 19.4 Å². The van der Waals surface area contributed by atoms with Crippen molar-refractivity contribution in [3.05, 3.63) is 0 Å². The average molecular weight is 278 g/mol. The Balaban J connectivity index is 1.92. The normalized spacial score (nSPS) is 30.5. The summed E-state index contributed by atoms with van der Waals surface area (Å²) in [4.78, 5) is 12.1. The quantitative estimate of drug-likeness (QED) is 0.832. The zero-order valence-corrected chi connectivity index (χ0v) is 10.9. The van der Waals surface area contributed by atoms with Crippen molar-refractivity contribution in [2.45, 2.75) is 56.7 Å². The first-order chi connectivity index (χ1) is 8.86. The third kappa shape index (κ3) is 3.22. The van der Waals surface area contributed by atoms with Gasteiger partial charge in [0, 0.05) is 12.5 Å². The van der Waals surface area contributed by atoms with Crippen LogP contribution in [0.1, 0.15) is 44.9 Å². The Morgan fingerprint density at radius 2 is 1.95 bits per heavy atom. The molecule has 2 fully saturated rings. The first-order valence-electron chi connectivity index (χ1n) is 6.95. The maximum Gasteiger partial charge on any atom is 0.391 e. The van der Waals surface area contributed by atoms with E-state index >= 15 is 0 Å².